The molecule has 106 valence electrons. The summed E-state index contributed by atoms with van der Waals surface area (Å²) >= 11 is 5.28. The lowest BCUT2D eigenvalue weighted by atomic mass is 10.2. The van der Waals surface area contributed by atoms with E-state index >= 15 is 0 Å². The lowest BCUT2D eigenvalue weighted by molar-refractivity contribution is -0.143. The first-order valence-electron chi connectivity index (χ1n) is 6.47. The van der Waals surface area contributed by atoms with Gasteiger partial charge in [-0.3, -0.25) is 9.36 Å². The molecular formula is C14H17N3O2S. The van der Waals surface area contributed by atoms with E-state index in [-0.39, 0.29) is 18.4 Å². The second-order valence-corrected chi connectivity index (χ2v) is 4.89. The normalized spacial score (nSPS) is 12.3. The molecule has 5 nitrogen and oxygen atoms in total. The summed E-state index contributed by atoms with van der Waals surface area (Å²) in [5, 5.41) is 0.830. The molecule has 0 saturated carbocycles. The summed E-state index contributed by atoms with van der Waals surface area (Å²) in [5.74, 6) is 0.256. The van der Waals surface area contributed by atoms with Crippen LogP contribution in [0.4, 0.5) is 5.82 Å². The Bertz CT molecular complexity index is 696. The van der Waals surface area contributed by atoms with Crippen molar-refractivity contribution in [3.8, 4) is 0 Å². The van der Waals surface area contributed by atoms with Gasteiger partial charge in [0.25, 0.3) is 0 Å². The summed E-state index contributed by atoms with van der Waals surface area (Å²) in [5.41, 5.74) is 6.93. The van der Waals surface area contributed by atoms with Crippen molar-refractivity contribution in [3.63, 3.8) is 0 Å². The minimum atomic E-state index is -0.269. The minimum absolute atomic E-state index is 0.196. The molecular weight excluding hydrogens is 274 g/mol. The van der Waals surface area contributed by atoms with Crippen molar-refractivity contribution in [3.05, 3.63) is 29.0 Å². The maximum atomic E-state index is 11.6. The van der Waals surface area contributed by atoms with E-state index in [0.717, 1.165) is 10.9 Å². The van der Waals surface area contributed by atoms with Gasteiger partial charge in [0.05, 0.1) is 18.5 Å². The molecule has 0 saturated heterocycles. The number of nitrogen functional groups attached to an aromatic ring is 1. The highest BCUT2D eigenvalue weighted by molar-refractivity contribution is 7.71. The Hall–Kier alpha value is -1.95. The van der Waals surface area contributed by atoms with Crippen LogP contribution in [-0.4, -0.2) is 22.1 Å². The number of esters is 1. The molecule has 0 amide bonds. The lowest BCUT2D eigenvalue weighted by Gasteiger charge is -2.19. The van der Waals surface area contributed by atoms with Gasteiger partial charge in [-0.25, -0.2) is 4.98 Å². The zero-order chi connectivity index (χ0) is 14.7. The molecule has 0 aliphatic heterocycles. The van der Waals surface area contributed by atoms with Crippen molar-refractivity contribution in [1.82, 2.24) is 9.55 Å². The number of benzene rings is 1. The predicted octanol–water partition coefficient (Wildman–Crippen LogP) is 2.86. The number of hydrogen-bond donors (Lipinski definition) is 1. The van der Waals surface area contributed by atoms with Crippen LogP contribution in [0.1, 0.15) is 26.3 Å². The van der Waals surface area contributed by atoms with E-state index in [0.29, 0.717) is 17.2 Å². The third-order valence-corrected chi connectivity index (χ3v) is 3.36. The molecule has 1 unspecified atom stereocenters. The van der Waals surface area contributed by atoms with Crippen molar-refractivity contribution in [2.24, 2.45) is 0 Å². The number of carbonyl (C=O) groups is 1. The van der Waals surface area contributed by atoms with Crippen LogP contribution in [0.3, 0.4) is 0 Å². The van der Waals surface area contributed by atoms with E-state index in [2.05, 4.69) is 4.98 Å². The minimum Gasteiger partial charge on any atom is -0.466 e. The average Bonchev–Trinajstić information content (AvgIpc) is 2.38. The second-order valence-electron chi connectivity index (χ2n) is 4.52. The maximum Gasteiger partial charge on any atom is 0.307 e. The van der Waals surface area contributed by atoms with E-state index in [1.165, 1.54) is 0 Å². The highest BCUT2D eigenvalue weighted by atomic mass is 32.1. The lowest BCUT2D eigenvalue weighted by Crippen LogP contribution is -2.18. The van der Waals surface area contributed by atoms with Crippen LogP contribution in [0.15, 0.2) is 24.3 Å². The molecule has 0 spiro atoms. The van der Waals surface area contributed by atoms with E-state index < -0.39 is 0 Å². The average molecular weight is 291 g/mol. The smallest absolute Gasteiger partial charge is 0.307 e. The van der Waals surface area contributed by atoms with E-state index in [1.807, 2.05) is 31.2 Å². The highest BCUT2D eigenvalue weighted by Gasteiger charge is 2.16. The number of nitrogens with zero attached hydrogens (tertiary/aromatic N) is 2. The van der Waals surface area contributed by atoms with Crippen LogP contribution in [-0.2, 0) is 9.53 Å². The second kappa shape index (κ2) is 6.00. The molecule has 1 atom stereocenters. The Morgan fingerprint density at radius 2 is 2.20 bits per heavy atom. The van der Waals surface area contributed by atoms with Gasteiger partial charge in [0, 0.05) is 11.4 Å². The first-order valence-corrected chi connectivity index (χ1v) is 6.87. The quantitative estimate of drug-likeness (QED) is 0.693. The molecule has 6 heteroatoms. The standard InChI is InChI=1S/C14H17N3O2S/c1-3-19-12(18)8-9(2)17-13(15)10-6-4-5-7-11(10)16-14(17)20/h4-7,9H,3,8,15H2,1-2H3. The summed E-state index contributed by atoms with van der Waals surface area (Å²) < 4.78 is 7.03. The summed E-state index contributed by atoms with van der Waals surface area (Å²) in [6.45, 7) is 4.02. The molecule has 0 radical (unpaired) electrons. The first kappa shape index (κ1) is 14.5. The van der Waals surface area contributed by atoms with Gasteiger partial charge in [0.15, 0.2) is 0 Å². The van der Waals surface area contributed by atoms with Crippen LogP contribution >= 0.6 is 12.2 Å². The Labute approximate surface area is 122 Å². The summed E-state index contributed by atoms with van der Waals surface area (Å²) in [6.07, 6.45) is 0.215. The number of para-hydroxylation sites is 1. The van der Waals surface area contributed by atoms with Gasteiger partial charge in [-0.2, -0.15) is 0 Å². The third kappa shape index (κ3) is 2.80. The van der Waals surface area contributed by atoms with Crippen molar-refractivity contribution in [2.75, 3.05) is 12.3 Å². The predicted molar refractivity (Wildman–Crippen MR) is 80.9 cm³/mol. The van der Waals surface area contributed by atoms with Crippen LogP contribution in [0.2, 0.25) is 0 Å². The number of ether oxygens (including phenoxy) is 1. The third-order valence-electron chi connectivity index (χ3n) is 3.07. The van der Waals surface area contributed by atoms with Crippen LogP contribution in [0, 0.1) is 4.77 Å². The summed E-state index contributed by atoms with van der Waals surface area (Å²) in [6, 6.07) is 7.33. The van der Waals surface area contributed by atoms with Gasteiger partial charge in [-0.1, -0.05) is 12.1 Å². The highest BCUT2D eigenvalue weighted by Crippen LogP contribution is 2.24. The fourth-order valence-corrected chi connectivity index (χ4v) is 2.53. The van der Waals surface area contributed by atoms with Crippen molar-refractivity contribution < 1.29 is 9.53 Å². The molecule has 20 heavy (non-hydrogen) atoms. The van der Waals surface area contributed by atoms with Crippen LogP contribution in [0.5, 0.6) is 0 Å². The SMILES string of the molecule is CCOC(=O)CC(C)n1c(N)c2ccccc2nc1=S. The number of carbonyl (C=O) groups excluding carboxylic acids is 1. The largest absolute Gasteiger partial charge is 0.466 e. The number of aromatic nitrogens is 2. The molecule has 2 aromatic rings. The van der Waals surface area contributed by atoms with Crippen molar-refractivity contribution in [2.45, 2.75) is 26.3 Å². The molecule has 1 aromatic carbocycles. The Kier molecular flexibility index (Phi) is 4.34. The Balaban J connectivity index is 2.43. The molecule has 1 aromatic heterocycles. The number of fused-ring (bicyclic) bond motifs is 1. The molecule has 2 rings (SSSR count). The summed E-state index contributed by atoms with van der Waals surface area (Å²) in [4.78, 5) is 15.9. The van der Waals surface area contributed by atoms with Crippen molar-refractivity contribution >= 4 is 34.9 Å². The number of hydrogen-bond acceptors (Lipinski definition) is 5. The fraction of sp³-hybridized carbons (Fsp3) is 0.357. The van der Waals surface area contributed by atoms with Crippen LogP contribution < -0.4 is 5.73 Å². The van der Waals surface area contributed by atoms with E-state index in [4.69, 9.17) is 22.7 Å². The fourth-order valence-electron chi connectivity index (χ4n) is 2.16. The van der Waals surface area contributed by atoms with Gasteiger partial charge in [0.1, 0.15) is 5.82 Å². The molecule has 0 aliphatic carbocycles. The van der Waals surface area contributed by atoms with Gasteiger partial charge in [-0.15, -0.1) is 0 Å². The monoisotopic (exact) mass is 291 g/mol. The topological polar surface area (TPSA) is 70.1 Å². The van der Waals surface area contributed by atoms with Crippen molar-refractivity contribution in [1.29, 1.82) is 0 Å². The molecule has 0 bridgehead atoms. The van der Waals surface area contributed by atoms with Crippen LogP contribution in [0.25, 0.3) is 10.9 Å². The molecule has 1 heterocycles. The Morgan fingerprint density at radius 3 is 2.90 bits per heavy atom. The zero-order valence-corrected chi connectivity index (χ0v) is 12.3. The van der Waals surface area contributed by atoms with E-state index in [1.54, 1.807) is 11.5 Å². The molecule has 0 fully saturated rings. The van der Waals surface area contributed by atoms with Gasteiger partial charge < -0.3 is 10.5 Å². The van der Waals surface area contributed by atoms with E-state index in [9.17, 15) is 4.79 Å². The number of rotatable bonds is 4. The number of anilines is 1. The zero-order valence-electron chi connectivity index (χ0n) is 11.5. The summed E-state index contributed by atoms with van der Waals surface area (Å²) in [7, 11) is 0. The number of nitrogens with two attached hydrogens (primary N) is 1. The maximum absolute atomic E-state index is 11.6. The Morgan fingerprint density at radius 1 is 1.50 bits per heavy atom. The van der Waals surface area contributed by atoms with Gasteiger partial charge >= 0.3 is 5.97 Å². The first-order chi connectivity index (χ1) is 9.54. The molecule has 2 N–H and O–H groups in total. The molecule has 0 aliphatic rings. The van der Waals surface area contributed by atoms with Gasteiger partial charge in [-0.05, 0) is 38.2 Å². The van der Waals surface area contributed by atoms with Gasteiger partial charge in [0.2, 0.25) is 4.77 Å².